The summed E-state index contributed by atoms with van der Waals surface area (Å²) in [5, 5.41) is 0.174. The van der Waals surface area contributed by atoms with Gasteiger partial charge in [-0.25, -0.2) is 13.2 Å². The van der Waals surface area contributed by atoms with Crippen LogP contribution in [0.1, 0.15) is 0 Å². The molecule has 2 aromatic rings. The van der Waals surface area contributed by atoms with Gasteiger partial charge in [0.2, 0.25) is 0 Å². The van der Waals surface area contributed by atoms with Gasteiger partial charge in [0.15, 0.2) is 17.5 Å². The van der Waals surface area contributed by atoms with Crippen LogP contribution in [0.15, 0.2) is 24.3 Å². The summed E-state index contributed by atoms with van der Waals surface area (Å²) in [6.07, 6.45) is 0. The molecule has 0 unspecified atom stereocenters. The van der Waals surface area contributed by atoms with Crippen LogP contribution in [0.2, 0.25) is 0 Å². The molecule has 1 nitrogen and oxygen atoms in total. The van der Waals surface area contributed by atoms with Gasteiger partial charge >= 0.3 is 0 Å². The molecule has 0 aromatic heterocycles. The van der Waals surface area contributed by atoms with Crippen molar-refractivity contribution < 1.29 is 13.2 Å². The summed E-state index contributed by atoms with van der Waals surface area (Å²) >= 11 is 0. The molecule has 0 saturated carbocycles. The highest BCUT2D eigenvalue weighted by Gasteiger charge is 2.17. The Hall–Kier alpha value is -1.65. The van der Waals surface area contributed by atoms with Crippen LogP contribution < -0.4 is 5.73 Å². The summed E-state index contributed by atoms with van der Waals surface area (Å²) in [6, 6.07) is 5.90. The van der Waals surface area contributed by atoms with Crippen molar-refractivity contribution in [3.8, 4) is 0 Å². The average molecular weight is 208 g/mol. The molecule has 0 fully saturated rings. The molecule has 0 aliphatic carbocycles. The first kappa shape index (κ1) is 11.4. The SMILES string of the molecule is Nc1c(F)c(F)c(F)c2ccccc12.[B]. The van der Waals surface area contributed by atoms with E-state index in [1.165, 1.54) is 18.2 Å². The lowest BCUT2D eigenvalue weighted by molar-refractivity contribution is 0.456. The number of halogens is 3. The Labute approximate surface area is 86.3 Å². The fraction of sp³-hybridized carbons (Fsp3) is 0. The van der Waals surface area contributed by atoms with Crippen molar-refractivity contribution in [2.45, 2.75) is 0 Å². The van der Waals surface area contributed by atoms with E-state index in [0.717, 1.165) is 0 Å². The van der Waals surface area contributed by atoms with E-state index in [2.05, 4.69) is 0 Å². The Kier molecular flexibility index (Phi) is 2.93. The van der Waals surface area contributed by atoms with Crippen molar-refractivity contribution in [1.82, 2.24) is 0 Å². The molecular weight excluding hydrogens is 202 g/mol. The Morgan fingerprint density at radius 3 is 1.93 bits per heavy atom. The number of hydrogen-bond donors (Lipinski definition) is 1. The third-order valence-corrected chi connectivity index (χ3v) is 2.08. The van der Waals surface area contributed by atoms with E-state index < -0.39 is 17.5 Å². The van der Waals surface area contributed by atoms with Gasteiger partial charge in [-0.3, -0.25) is 0 Å². The smallest absolute Gasteiger partial charge is 0.197 e. The second-order valence-electron chi connectivity index (χ2n) is 2.90. The lowest BCUT2D eigenvalue weighted by Crippen LogP contribution is -1.99. The minimum absolute atomic E-state index is 0. The van der Waals surface area contributed by atoms with Crippen molar-refractivity contribution in [1.29, 1.82) is 0 Å². The molecule has 75 valence electrons. The lowest BCUT2D eigenvalue weighted by Gasteiger charge is -2.05. The zero-order valence-corrected chi connectivity index (χ0v) is 7.60. The molecule has 0 amide bonds. The minimum atomic E-state index is -1.53. The maximum atomic E-state index is 13.2. The highest BCUT2D eigenvalue weighted by molar-refractivity contribution is 5.93. The first-order chi connectivity index (χ1) is 6.63. The van der Waals surface area contributed by atoms with Crippen LogP contribution >= 0.6 is 0 Å². The van der Waals surface area contributed by atoms with Crippen LogP contribution in [0.25, 0.3) is 10.8 Å². The quantitative estimate of drug-likeness (QED) is 0.401. The Bertz CT molecular complexity index is 467. The van der Waals surface area contributed by atoms with Gasteiger partial charge in [-0.05, 0) is 0 Å². The van der Waals surface area contributed by atoms with Gasteiger partial charge in [-0.2, -0.15) is 0 Å². The highest BCUT2D eigenvalue weighted by atomic mass is 19.2. The first-order valence-electron chi connectivity index (χ1n) is 3.93. The fourth-order valence-corrected chi connectivity index (χ4v) is 1.36. The molecule has 2 aromatic carbocycles. The maximum Gasteiger partial charge on any atom is 0.197 e. The summed E-state index contributed by atoms with van der Waals surface area (Å²) in [5.41, 5.74) is 4.94. The van der Waals surface area contributed by atoms with Crippen LogP contribution in [0.5, 0.6) is 0 Å². The standard InChI is InChI=1S/C10H6F3N.B/c11-7-5-3-1-2-4-6(5)10(14)9(13)8(7)12;/h1-4H,14H2;. The van der Waals surface area contributed by atoms with Crippen molar-refractivity contribution >= 4 is 24.9 Å². The third kappa shape index (κ3) is 1.54. The first-order valence-corrected chi connectivity index (χ1v) is 3.93. The predicted octanol–water partition coefficient (Wildman–Crippen LogP) is 2.46. The highest BCUT2D eigenvalue weighted by Crippen LogP contribution is 2.28. The van der Waals surface area contributed by atoms with Crippen LogP contribution in [-0.2, 0) is 0 Å². The minimum Gasteiger partial charge on any atom is -0.396 e. The van der Waals surface area contributed by atoms with Crippen LogP contribution in [0.3, 0.4) is 0 Å². The molecule has 0 atom stereocenters. The molecule has 0 saturated heterocycles. The molecule has 0 bridgehead atoms. The maximum absolute atomic E-state index is 13.2. The molecule has 3 radical (unpaired) electrons. The molecule has 0 aliphatic heterocycles. The molecule has 2 rings (SSSR count). The number of fused-ring (bicyclic) bond motifs is 1. The zero-order chi connectivity index (χ0) is 10.3. The molecular formula is C10H6BF3N. The lowest BCUT2D eigenvalue weighted by atomic mass is 10.1. The second-order valence-corrected chi connectivity index (χ2v) is 2.90. The molecule has 0 spiro atoms. The van der Waals surface area contributed by atoms with Gasteiger partial charge in [0.25, 0.3) is 0 Å². The van der Waals surface area contributed by atoms with Crippen molar-refractivity contribution in [2.24, 2.45) is 0 Å². The normalized spacial score (nSPS) is 10.1. The number of rotatable bonds is 0. The summed E-state index contributed by atoms with van der Waals surface area (Å²) in [4.78, 5) is 0. The van der Waals surface area contributed by atoms with Crippen LogP contribution in [0, 0.1) is 17.5 Å². The molecule has 5 heteroatoms. The fourth-order valence-electron chi connectivity index (χ4n) is 1.36. The monoisotopic (exact) mass is 208 g/mol. The predicted molar refractivity (Wildman–Crippen MR) is 54.0 cm³/mol. The summed E-state index contributed by atoms with van der Waals surface area (Å²) in [7, 11) is 0. The number of nitrogens with two attached hydrogens (primary N) is 1. The van der Waals surface area contributed by atoms with Gasteiger partial charge in [-0.1, -0.05) is 24.3 Å². The van der Waals surface area contributed by atoms with Crippen LogP contribution in [-0.4, -0.2) is 8.41 Å². The summed E-state index contributed by atoms with van der Waals surface area (Å²) < 4.78 is 39.0. The van der Waals surface area contributed by atoms with Crippen molar-refractivity contribution in [3.63, 3.8) is 0 Å². The molecule has 2 N–H and O–H groups in total. The van der Waals surface area contributed by atoms with E-state index in [1.807, 2.05) is 0 Å². The Balaban J connectivity index is 0.00000112. The van der Waals surface area contributed by atoms with E-state index in [1.54, 1.807) is 6.07 Å². The zero-order valence-electron chi connectivity index (χ0n) is 7.60. The van der Waals surface area contributed by atoms with Gasteiger partial charge < -0.3 is 5.73 Å². The van der Waals surface area contributed by atoms with Gasteiger partial charge in [0.1, 0.15) is 0 Å². The van der Waals surface area contributed by atoms with E-state index in [0.29, 0.717) is 0 Å². The van der Waals surface area contributed by atoms with E-state index >= 15 is 0 Å². The number of nitrogen functional groups attached to an aromatic ring is 1. The summed E-state index contributed by atoms with van der Waals surface area (Å²) in [6.45, 7) is 0. The van der Waals surface area contributed by atoms with Crippen LogP contribution in [0.4, 0.5) is 18.9 Å². The topological polar surface area (TPSA) is 26.0 Å². The largest absolute Gasteiger partial charge is 0.396 e. The number of hydrogen-bond acceptors (Lipinski definition) is 1. The van der Waals surface area contributed by atoms with Gasteiger partial charge in [0, 0.05) is 19.2 Å². The number of benzene rings is 2. The van der Waals surface area contributed by atoms with E-state index in [4.69, 9.17) is 5.73 Å². The molecule has 0 heterocycles. The van der Waals surface area contributed by atoms with Crippen molar-refractivity contribution in [3.05, 3.63) is 41.7 Å². The van der Waals surface area contributed by atoms with Gasteiger partial charge in [0.05, 0.1) is 5.69 Å². The Morgan fingerprint density at radius 1 is 0.800 bits per heavy atom. The second kappa shape index (κ2) is 3.84. The molecule has 0 aliphatic rings. The molecule has 15 heavy (non-hydrogen) atoms. The third-order valence-electron chi connectivity index (χ3n) is 2.08. The van der Waals surface area contributed by atoms with E-state index in [-0.39, 0.29) is 24.9 Å². The summed E-state index contributed by atoms with van der Waals surface area (Å²) in [5.74, 6) is -4.06. The Morgan fingerprint density at radius 2 is 1.33 bits per heavy atom. The van der Waals surface area contributed by atoms with Crippen molar-refractivity contribution in [2.75, 3.05) is 5.73 Å². The number of anilines is 1. The average Bonchev–Trinajstić information content (AvgIpc) is 2.23. The van der Waals surface area contributed by atoms with E-state index in [9.17, 15) is 13.2 Å². The van der Waals surface area contributed by atoms with Gasteiger partial charge in [-0.15, -0.1) is 0 Å².